The minimum absolute atomic E-state index is 0.0655. The third kappa shape index (κ3) is 6.18. The molecule has 1 aromatic carbocycles. The molecule has 0 radical (unpaired) electrons. The number of aromatic amines is 1. The first-order valence-corrected chi connectivity index (χ1v) is 14.2. The maximum absolute atomic E-state index is 13.4. The zero-order chi connectivity index (χ0) is 28.5. The smallest absolute Gasteiger partial charge is 0.368 e. The molecule has 2 heterocycles. The second-order valence-electron chi connectivity index (χ2n) is 8.55. The number of nitrogens with one attached hydrogen (secondary N) is 2. The molecular formula is C21H26F3N3O9S2. The predicted octanol–water partition coefficient (Wildman–Crippen LogP) is 0.892. The Morgan fingerprint density at radius 2 is 1.79 bits per heavy atom. The second kappa shape index (κ2) is 10.9. The van der Waals surface area contributed by atoms with E-state index in [4.69, 9.17) is 9.47 Å². The van der Waals surface area contributed by atoms with Crippen LogP contribution in [-0.2, 0) is 40.4 Å². The van der Waals surface area contributed by atoms with Crippen molar-refractivity contribution in [3.8, 4) is 0 Å². The molecule has 0 spiro atoms. The van der Waals surface area contributed by atoms with Gasteiger partial charge in [-0.05, 0) is 26.0 Å². The Morgan fingerprint density at radius 3 is 2.34 bits per heavy atom. The summed E-state index contributed by atoms with van der Waals surface area (Å²) in [7, 11) is -9.33. The zero-order valence-corrected chi connectivity index (χ0v) is 22.0. The highest BCUT2D eigenvalue weighted by molar-refractivity contribution is 7.89. The number of hydrogen-bond acceptors (Lipinski definition) is 9. The molecule has 1 saturated heterocycles. The summed E-state index contributed by atoms with van der Waals surface area (Å²) in [4.78, 5) is 26.5. The number of sulfonamides is 1. The molecule has 4 atom stereocenters. The maximum Gasteiger partial charge on any atom is 0.523 e. The van der Waals surface area contributed by atoms with Gasteiger partial charge in [0.2, 0.25) is 10.0 Å². The van der Waals surface area contributed by atoms with Crippen LogP contribution in [0.3, 0.4) is 0 Å². The van der Waals surface area contributed by atoms with Crippen molar-refractivity contribution in [3.05, 3.63) is 68.5 Å². The predicted molar refractivity (Wildman–Crippen MR) is 127 cm³/mol. The van der Waals surface area contributed by atoms with E-state index in [2.05, 4.69) is 8.91 Å². The van der Waals surface area contributed by atoms with Gasteiger partial charge in [0.1, 0.15) is 11.7 Å². The molecule has 1 aromatic heterocycles. The Kier molecular flexibility index (Phi) is 8.59. The maximum atomic E-state index is 13.4. The minimum atomic E-state index is -6.29. The summed E-state index contributed by atoms with van der Waals surface area (Å²) in [6.45, 7) is 2.44. The largest absolute Gasteiger partial charge is 0.523 e. The van der Waals surface area contributed by atoms with Crippen molar-refractivity contribution in [1.29, 1.82) is 0 Å². The van der Waals surface area contributed by atoms with Crippen molar-refractivity contribution in [1.82, 2.24) is 14.3 Å². The molecule has 2 aromatic rings. The van der Waals surface area contributed by atoms with Crippen molar-refractivity contribution in [3.63, 3.8) is 0 Å². The Labute approximate surface area is 215 Å². The van der Waals surface area contributed by atoms with E-state index in [9.17, 15) is 39.6 Å². The van der Waals surface area contributed by atoms with Crippen LogP contribution in [0.15, 0.2) is 46.1 Å². The van der Waals surface area contributed by atoms with E-state index < -0.39 is 66.7 Å². The van der Waals surface area contributed by atoms with Gasteiger partial charge < -0.3 is 9.47 Å². The van der Waals surface area contributed by atoms with Crippen molar-refractivity contribution >= 4 is 20.1 Å². The third-order valence-corrected chi connectivity index (χ3v) is 8.54. The SMILES string of the molecule is CC[C@@]1(CS(=O)(=O)NC)O[C@@H](n2cc(C)c(=O)[nH]c2=O)[C@@H](OS(=O)(=O)C(F)(F)F)C1OCc1ccccc1. The molecule has 12 nitrogen and oxygen atoms in total. The summed E-state index contributed by atoms with van der Waals surface area (Å²) in [5, 5.41) is 0. The Hall–Kier alpha value is -2.57. The Balaban J connectivity index is 2.23. The highest BCUT2D eigenvalue weighted by atomic mass is 32.2. The van der Waals surface area contributed by atoms with Crippen molar-refractivity contribution in [2.45, 2.75) is 56.4 Å². The van der Waals surface area contributed by atoms with Gasteiger partial charge in [0.15, 0.2) is 12.3 Å². The molecule has 2 N–H and O–H groups in total. The van der Waals surface area contributed by atoms with Crippen LogP contribution in [0.4, 0.5) is 13.2 Å². The van der Waals surface area contributed by atoms with E-state index in [1.807, 2.05) is 4.98 Å². The van der Waals surface area contributed by atoms with Crippen LogP contribution < -0.4 is 16.0 Å². The first-order chi connectivity index (χ1) is 17.6. The van der Waals surface area contributed by atoms with Gasteiger partial charge in [0.25, 0.3) is 5.56 Å². The number of ether oxygens (including phenoxy) is 2. The third-order valence-electron chi connectivity index (χ3n) is 6.01. The van der Waals surface area contributed by atoms with E-state index in [0.717, 1.165) is 13.2 Å². The average molecular weight is 586 g/mol. The molecule has 1 fully saturated rings. The van der Waals surface area contributed by atoms with Gasteiger partial charge in [0, 0.05) is 11.8 Å². The fourth-order valence-electron chi connectivity index (χ4n) is 4.02. The molecule has 0 amide bonds. The van der Waals surface area contributed by atoms with Gasteiger partial charge in [-0.25, -0.2) is 17.9 Å². The van der Waals surface area contributed by atoms with Gasteiger partial charge in [-0.15, -0.1) is 0 Å². The molecular weight excluding hydrogens is 559 g/mol. The molecule has 0 saturated carbocycles. The number of nitrogens with zero attached hydrogens (tertiary/aromatic N) is 1. The summed E-state index contributed by atoms with van der Waals surface area (Å²) in [5.74, 6) is -0.883. The lowest BCUT2D eigenvalue weighted by Gasteiger charge is -2.33. The summed E-state index contributed by atoms with van der Waals surface area (Å²) in [6, 6.07) is 8.22. The number of halogens is 3. The molecule has 3 rings (SSSR count). The Morgan fingerprint density at radius 1 is 1.16 bits per heavy atom. The summed E-state index contributed by atoms with van der Waals surface area (Å²) < 4.78 is 109. The van der Waals surface area contributed by atoms with Crippen LogP contribution in [-0.4, -0.2) is 62.5 Å². The Bertz CT molecular complexity index is 1470. The van der Waals surface area contributed by atoms with Crippen molar-refractivity contribution in [2.24, 2.45) is 0 Å². The lowest BCUT2D eigenvalue weighted by atomic mass is 9.94. The average Bonchev–Trinajstić information content (AvgIpc) is 3.11. The number of benzene rings is 1. The van der Waals surface area contributed by atoms with Crippen LogP contribution in [0.25, 0.3) is 0 Å². The second-order valence-corrected chi connectivity index (χ2v) is 12.0. The quantitative estimate of drug-likeness (QED) is 0.305. The molecule has 212 valence electrons. The van der Waals surface area contributed by atoms with Crippen LogP contribution >= 0.6 is 0 Å². The number of hydrogen-bond donors (Lipinski definition) is 2. The summed E-state index contributed by atoms with van der Waals surface area (Å²) in [6.07, 6.45) is -5.16. The number of aromatic nitrogens is 2. The summed E-state index contributed by atoms with van der Waals surface area (Å²) >= 11 is 0. The van der Waals surface area contributed by atoms with Crippen molar-refractivity contribution in [2.75, 3.05) is 12.8 Å². The van der Waals surface area contributed by atoms with Gasteiger partial charge >= 0.3 is 21.3 Å². The molecule has 1 aliphatic heterocycles. The van der Waals surface area contributed by atoms with E-state index in [-0.39, 0.29) is 18.6 Å². The fraction of sp³-hybridized carbons (Fsp3) is 0.524. The van der Waals surface area contributed by atoms with Crippen LogP contribution in [0.2, 0.25) is 0 Å². The zero-order valence-electron chi connectivity index (χ0n) is 20.4. The summed E-state index contributed by atoms with van der Waals surface area (Å²) in [5.41, 5.74) is -9.36. The van der Waals surface area contributed by atoms with Crippen LogP contribution in [0.5, 0.6) is 0 Å². The monoisotopic (exact) mass is 585 g/mol. The number of H-pyrrole nitrogens is 1. The van der Waals surface area contributed by atoms with Gasteiger partial charge in [-0.1, -0.05) is 37.3 Å². The van der Waals surface area contributed by atoms with E-state index >= 15 is 0 Å². The lowest BCUT2D eigenvalue weighted by Crippen LogP contribution is -2.52. The first-order valence-electron chi connectivity index (χ1n) is 11.1. The van der Waals surface area contributed by atoms with Crippen LogP contribution in [0, 0.1) is 6.92 Å². The highest BCUT2D eigenvalue weighted by Crippen LogP contribution is 2.45. The normalized spacial score (nSPS) is 24.5. The molecule has 0 aliphatic carbocycles. The van der Waals surface area contributed by atoms with Crippen LogP contribution in [0.1, 0.15) is 30.7 Å². The van der Waals surface area contributed by atoms with Gasteiger partial charge in [-0.3, -0.25) is 18.5 Å². The number of rotatable bonds is 10. The molecule has 1 unspecified atom stereocenters. The molecule has 0 bridgehead atoms. The minimum Gasteiger partial charge on any atom is -0.368 e. The first kappa shape index (κ1) is 30.0. The van der Waals surface area contributed by atoms with Gasteiger partial charge in [-0.2, -0.15) is 21.6 Å². The van der Waals surface area contributed by atoms with E-state index in [1.54, 1.807) is 30.3 Å². The molecule has 1 aliphatic rings. The molecule has 17 heteroatoms. The highest BCUT2D eigenvalue weighted by Gasteiger charge is 2.62. The van der Waals surface area contributed by atoms with Crippen molar-refractivity contribution < 1.29 is 43.7 Å². The standard InChI is InChI=1S/C21H26F3N3O9S2/c1-4-20(12-37(30,31)25-3)16(34-11-14-8-6-5-7-9-14)15(36-38(32,33)21(22,23)24)18(35-20)27-10-13(2)17(28)26-19(27)29/h5-10,15-16,18,25H,4,11-12H2,1-3H3,(H,26,28,29)/t15-,16?,18+,20-/m0/s1. The van der Waals surface area contributed by atoms with E-state index in [1.165, 1.54) is 13.8 Å². The topological polar surface area (TPSA) is 163 Å². The van der Waals surface area contributed by atoms with E-state index in [0.29, 0.717) is 10.1 Å². The van der Waals surface area contributed by atoms with Gasteiger partial charge in [0.05, 0.1) is 12.4 Å². The molecule has 38 heavy (non-hydrogen) atoms. The lowest BCUT2D eigenvalue weighted by molar-refractivity contribution is -0.110. The fourth-order valence-corrected chi connectivity index (χ4v) is 5.84. The number of aryl methyl sites for hydroxylation is 1. The number of alkyl halides is 3.